The first-order chi connectivity index (χ1) is 17.6. The number of thiophene rings is 1. The van der Waals surface area contributed by atoms with E-state index in [1.165, 1.54) is 12.1 Å². The molecule has 0 spiro atoms. The van der Waals surface area contributed by atoms with E-state index in [0.29, 0.717) is 6.61 Å². The Morgan fingerprint density at radius 1 is 1.19 bits per heavy atom. The fourth-order valence-corrected chi connectivity index (χ4v) is 5.39. The Bertz CT molecular complexity index is 1300. The molecule has 1 aromatic carbocycles. The topological polar surface area (TPSA) is 157 Å². The first-order valence-corrected chi connectivity index (χ1v) is 12.7. The molecule has 12 nitrogen and oxygen atoms in total. The molecule has 3 aromatic rings. The molecule has 2 N–H and O–H groups in total. The summed E-state index contributed by atoms with van der Waals surface area (Å²) in [4.78, 5) is 37.4. The number of nitro benzene ring substituents is 1. The molecule has 0 unspecified atom stereocenters. The second kappa shape index (κ2) is 12.5. The van der Waals surface area contributed by atoms with Gasteiger partial charge >= 0.3 is 11.9 Å². The predicted octanol–water partition coefficient (Wildman–Crippen LogP) is 3.61. The van der Waals surface area contributed by atoms with Gasteiger partial charge in [0.15, 0.2) is 0 Å². The van der Waals surface area contributed by atoms with Crippen LogP contribution in [-0.2, 0) is 19.2 Å². The number of hydrogen-bond acceptors (Lipinski definition) is 10. The summed E-state index contributed by atoms with van der Waals surface area (Å²) >= 11 is 3.29. The molecule has 0 amide bonds. The molecular formula is C23H24N4O8S2. The van der Waals surface area contributed by atoms with E-state index < -0.39 is 11.9 Å². The highest BCUT2D eigenvalue weighted by Gasteiger charge is 2.33. The molecule has 0 saturated carbocycles. The molecule has 4 rings (SSSR count). The van der Waals surface area contributed by atoms with Gasteiger partial charge in [0.25, 0.3) is 5.69 Å². The largest absolute Gasteiger partial charge is 0.473 e. The van der Waals surface area contributed by atoms with Gasteiger partial charge in [0.05, 0.1) is 32.0 Å². The molecule has 0 radical (unpaired) electrons. The number of carboxylic acids is 2. The fourth-order valence-electron chi connectivity index (χ4n) is 3.35. The van der Waals surface area contributed by atoms with Crippen molar-refractivity contribution in [1.82, 2.24) is 9.47 Å². The maximum Gasteiger partial charge on any atom is 0.414 e. The lowest BCUT2D eigenvalue weighted by Gasteiger charge is -2.09. The minimum atomic E-state index is -1.82. The molecule has 0 saturated heterocycles. The third-order valence-corrected chi connectivity index (χ3v) is 7.31. The molecular weight excluding hydrogens is 524 g/mol. The molecule has 1 aliphatic rings. The van der Waals surface area contributed by atoms with Gasteiger partial charge in [-0.25, -0.2) is 9.59 Å². The number of ether oxygens (including phenoxy) is 1. The summed E-state index contributed by atoms with van der Waals surface area (Å²) in [5.41, 5.74) is 4.80. The van der Waals surface area contributed by atoms with Crippen molar-refractivity contribution < 1.29 is 34.3 Å². The number of carboxylic acid groups (broad SMARTS) is 2. The van der Waals surface area contributed by atoms with Crippen molar-refractivity contribution in [3.8, 4) is 16.8 Å². The van der Waals surface area contributed by atoms with Crippen LogP contribution in [0.15, 0.2) is 52.0 Å². The molecule has 0 atom stereocenters. The highest BCUT2D eigenvalue weighted by atomic mass is 32.2. The summed E-state index contributed by atoms with van der Waals surface area (Å²) in [5.74, 6) is -3.65. The van der Waals surface area contributed by atoms with E-state index in [1.807, 2.05) is 43.6 Å². The first-order valence-electron chi connectivity index (χ1n) is 10.7. The molecule has 0 fully saturated rings. The van der Waals surface area contributed by atoms with Gasteiger partial charge < -0.3 is 29.3 Å². The van der Waals surface area contributed by atoms with Crippen LogP contribution in [0.3, 0.4) is 0 Å². The number of thioether (sulfide) groups is 1. The quantitative estimate of drug-likeness (QED) is 0.0791. The summed E-state index contributed by atoms with van der Waals surface area (Å²) < 4.78 is 8.69. The van der Waals surface area contributed by atoms with E-state index >= 15 is 0 Å². The molecule has 14 heteroatoms. The number of nitro groups is 1. The van der Waals surface area contributed by atoms with Crippen molar-refractivity contribution in [3.05, 3.63) is 63.3 Å². The zero-order valence-corrected chi connectivity index (χ0v) is 21.7. The number of nitrogens with zero attached hydrogens (tertiary/aromatic N) is 4. The van der Waals surface area contributed by atoms with E-state index in [1.54, 1.807) is 35.2 Å². The van der Waals surface area contributed by atoms with Crippen molar-refractivity contribution in [2.45, 2.75) is 4.21 Å². The number of aromatic nitrogens is 1. The maximum absolute atomic E-state index is 11.0. The Morgan fingerprint density at radius 3 is 2.43 bits per heavy atom. The Balaban J connectivity index is 0.000000568. The minimum absolute atomic E-state index is 0.0768. The third-order valence-electron chi connectivity index (χ3n) is 5.01. The Kier molecular flexibility index (Phi) is 9.41. The van der Waals surface area contributed by atoms with Crippen molar-refractivity contribution in [3.63, 3.8) is 0 Å². The molecule has 2 aromatic heterocycles. The van der Waals surface area contributed by atoms with E-state index in [0.717, 1.165) is 43.9 Å². The molecule has 1 aliphatic heterocycles. The van der Waals surface area contributed by atoms with Gasteiger partial charge in [0.2, 0.25) is 6.79 Å². The maximum atomic E-state index is 11.0. The molecule has 37 heavy (non-hydrogen) atoms. The van der Waals surface area contributed by atoms with Gasteiger partial charge in [-0.1, -0.05) is 5.16 Å². The summed E-state index contributed by atoms with van der Waals surface area (Å²) in [6.45, 7) is 1.47. The fraction of sp³-hybridized carbons (Fsp3) is 0.261. The lowest BCUT2D eigenvalue weighted by molar-refractivity contribution is -0.384. The van der Waals surface area contributed by atoms with Crippen molar-refractivity contribution in [2.24, 2.45) is 5.16 Å². The zero-order chi connectivity index (χ0) is 27.1. The number of carbonyl (C=O) groups is 2. The van der Waals surface area contributed by atoms with Gasteiger partial charge in [-0.3, -0.25) is 10.1 Å². The van der Waals surface area contributed by atoms with Gasteiger partial charge in [0, 0.05) is 30.4 Å². The summed E-state index contributed by atoms with van der Waals surface area (Å²) in [5, 5.41) is 30.2. The molecule has 3 heterocycles. The number of benzene rings is 1. The van der Waals surface area contributed by atoms with Gasteiger partial charge in [-0.15, -0.1) is 23.1 Å². The molecule has 196 valence electrons. The Hall–Kier alpha value is -3.72. The van der Waals surface area contributed by atoms with Crippen molar-refractivity contribution in [2.75, 3.05) is 40.3 Å². The summed E-state index contributed by atoms with van der Waals surface area (Å²) in [7, 11) is 3.97. The van der Waals surface area contributed by atoms with E-state index in [4.69, 9.17) is 29.4 Å². The summed E-state index contributed by atoms with van der Waals surface area (Å²) in [6.07, 6.45) is 4.02. The number of oxime groups is 1. The first kappa shape index (κ1) is 27.9. The smallest absolute Gasteiger partial charge is 0.414 e. The van der Waals surface area contributed by atoms with Crippen LogP contribution in [-0.4, -0.2) is 82.5 Å². The Labute approximate surface area is 219 Å². The lowest BCUT2D eigenvalue weighted by Crippen LogP contribution is -2.18. The molecule has 0 bridgehead atoms. The number of hydrogen-bond donors (Lipinski definition) is 2. The van der Waals surface area contributed by atoms with E-state index in [-0.39, 0.29) is 17.4 Å². The van der Waals surface area contributed by atoms with Gasteiger partial charge in [-0.05, 0) is 50.2 Å². The monoisotopic (exact) mass is 548 g/mol. The van der Waals surface area contributed by atoms with Gasteiger partial charge in [0.1, 0.15) is 5.71 Å². The third kappa shape index (κ3) is 6.54. The van der Waals surface area contributed by atoms with Crippen LogP contribution in [0.1, 0.15) is 10.6 Å². The zero-order valence-electron chi connectivity index (χ0n) is 20.1. The van der Waals surface area contributed by atoms with Crippen LogP contribution in [0.25, 0.3) is 16.8 Å². The number of rotatable bonds is 9. The highest BCUT2D eigenvalue weighted by Crippen LogP contribution is 2.48. The SMILES string of the molecule is CSc1sc2c(c1-c1ccc([N+](=O)[O-])cc1)-n1cccc1/C2=N/OCOCCN(C)C.O=C(O)C(=O)O. The van der Waals surface area contributed by atoms with Crippen LogP contribution in [0.2, 0.25) is 0 Å². The lowest BCUT2D eigenvalue weighted by atomic mass is 10.1. The van der Waals surface area contributed by atoms with E-state index in [2.05, 4.69) is 9.72 Å². The molecule has 0 aliphatic carbocycles. The average molecular weight is 549 g/mol. The van der Waals surface area contributed by atoms with Gasteiger partial charge in [-0.2, -0.15) is 0 Å². The average Bonchev–Trinajstić information content (AvgIpc) is 3.54. The second-order valence-electron chi connectivity index (χ2n) is 7.72. The highest BCUT2D eigenvalue weighted by molar-refractivity contribution is 8.00. The van der Waals surface area contributed by atoms with E-state index in [9.17, 15) is 10.1 Å². The number of non-ortho nitro benzene ring substituents is 1. The predicted molar refractivity (Wildman–Crippen MR) is 139 cm³/mol. The minimum Gasteiger partial charge on any atom is -0.473 e. The van der Waals surface area contributed by atoms with Crippen LogP contribution in [0.4, 0.5) is 5.69 Å². The second-order valence-corrected chi connectivity index (χ2v) is 9.82. The van der Waals surface area contributed by atoms with Crippen LogP contribution in [0.5, 0.6) is 0 Å². The number of aliphatic carboxylic acids is 2. The normalized spacial score (nSPS) is 12.6. The Morgan fingerprint density at radius 2 is 1.86 bits per heavy atom. The van der Waals surface area contributed by atoms with Crippen molar-refractivity contribution in [1.29, 1.82) is 0 Å². The van der Waals surface area contributed by atoms with Crippen LogP contribution in [0, 0.1) is 10.1 Å². The van der Waals surface area contributed by atoms with Crippen LogP contribution < -0.4 is 0 Å². The summed E-state index contributed by atoms with van der Waals surface area (Å²) in [6, 6.07) is 10.6. The van der Waals surface area contributed by atoms with Crippen LogP contribution >= 0.6 is 23.1 Å². The van der Waals surface area contributed by atoms with Crippen molar-refractivity contribution >= 4 is 46.4 Å². The number of fused-ring (bicyclic) bond motifs is 3. The standard InChI is InChI=1S/C21H22N4O4S2.C2H2O4/c1-23(2)11-12-28-13-29-22-18-16-5-4-10-24(16)19-17(21(30-3)31-20(18)19)14-6-8-15(9-7-14)25(26)27;3-1(4)2(5)6/h4-10H,11-13H2,1-3H3;(H,3,4)(H,5,6)/b22-18-;. The number of likely N-dealkylation sites (N-methyl/N-ethyl adjacent to an activating group) is 1.